The fourth-order valence-electron chi connectivity index (χ4n) is 4.27. The summed E-state index contributed by atoms with van der Waals surface area (Å²) in [6, 6.07) is 6.23. The molecular weight excluding hydrogens is 378 g/mol. The lowest BCUT2D eigenvalue weighted by molar-refractivity contribution is 0.208. The van der Waals surface area contributed by atoms with Crippen LogP contribution in [0.5, 0.6) is 0 Å². The number of likely N-dealkylation sites (N-methyl/N-ethyl adjacent to an activating group) is 1. The molecule has 2 aromatic heterocycles. The van der Waals surface area contributed by atoms with Gasteiger partial charge < -0.3 is 25.1 Å². The van der Waals surface area contributed by atoms with Gasteiger partial charge in [-0.2, -0.15) is 0 Å². The number of nitrogens with one attached hydrogen (secondary N) is 1. The van der Waals surface area contributed by atoms with E-state index in [2.05, 4.69) is 54.0 Å². The molecule has 2 aliphatic heterocycles. The van der Waals surface area contributed by atoms with E-state index in [4.69, 9.17) is 0 Å². The number of hydrogen-bond donors (Lipinski definition) is 2. The van der Waals surface area contributed by atoms with Gasteiger partial charge in [-0.1, -0.05) is 6.92 Å². The Bertz CT molecular complexity index is 810. The van der Waals surface area contributed by atoms with Gasteiger partial charge in [-0.05, 0) is 43.0 Å². The third-order valence-corrected chi connectivity index (χ3v) is 6.18. The van der Waals surface area contributed by atoms with E-state index in [0.717, 1.165) is 76.1 Å². The first-order chi connectivity index (χ1) is 14.7. The first-order valence-corrected chi connectivity index (χ1v) is 11.1. The minimum absolute atomic E-state index is 0.241. The van der Waals surface area contributed by atoms with Crippen LogP contribution in [-0.2, 0) is 6.54 Å². The lowest BCUT2D eigenvalue weighted by Gasteiger charge is -2.34. The van der Waals surface area contributed by atoms with Crippen molar-refractivity contribution in [3.8, 4) is 0 Å². The second-order valence-electron chi connectivity index (χ2n) is 8.20. The van der Waals surface area contributed by atoms with Crippen LogP contribution in [0.2, 0.25) is 0 Å². The van der Waals surface area contributed by atoms with E-state index in [1.165, 1.54) is 5.56 Å². The van der Waals surface area contributed by atoms with Crippen molar-refractivity contribution in [1.29, 1.82) is 0 Å². The summed E-state index contributed by atoms with van der Waals surface area (Å²) < 4.78 is 0. The third-order valence-electron chi connectivity index (χ3n) is 6.18. The normalized spacial score (nSPS) is 20.4. The Hall–Kier alpha value is -2.45. The molecule has 8 heteroatoms. The maximum atomic E-state index is 9.48. The van der Waals surface area contributed by atoms with Gasteiger partial charge >= 0.3 is 0 Å². The summed E-state index contributed by atoms with van der Waals surface area (Å²) in [6.07, 6.45) is 5.68. The zero-order valence-electron chi connectivity index (χ0n) is 17.9. The SMILES string of the molecule is CCN1CCN(c2cc(CNc3cc(N4CCCC(CO)C4)ncn3)ccn2)CC1. The summed E-state index contributed by atoms with van der Waals surface area (Å²) in [7, 11) is 0. The highest BCUT2D eigenvalue weighted by Crippen LogP contribution is 2.23. The summed E-state index contributed by atoms with van der Waals surface area (Å²) in [5, 5.41) is 12.9. The van der Waals surface area contributed by atoms with Crippen molar-refractivity contribution in [3.63, 3.8) is 0 Å². The van der Waals surface area contributed by atoms with Crippen molar-refractivity contribution < 1.29 is 5.11 Å². The molecule has 0 aromatic carbocycles. The number of nitrogens with zero attached hydrogens (tertiary/aromatic N) is 6. The van der Waals surface area contributed by atoms with Gasteiger partial charge in [0.2, 0.25) is 0 Å². The number of rotatable bonds is 7. The Morgan fingerprint density at radius 1 is 1.03 bits per heavy atom. The quantitative estimate of drug-likeness (QED) is 0.714. The van der Waals surface area contributed by atoms with Crippen LogP contribution in [0.1, 0.15) is 25.3 Å². The highest BCUT2D eigenvalue weighted by molar-refractivity contribution is 5.49. The number of pyridine rings is 1. The minimum Gasteiger partial charge on any atom is -0.396 e. The van der Waals surface area contributed by atoms with Crippen molar-refractivity contribution in [2.24, 2.45) is 5.92 Å². The molecule has 4 rings (SSSR count). The number of anilines is 3. The Balaban J connectivity index is 1.36. The molecule has 0 saturated carbocycles. The Morgan fingerprint density at radius 3 is 2.67 bits per heavy atom. The molecule has 0 amide bonds. The summed E-state index contributed by atoms with van der Waals surface area (Å²) in [6.45, 7) is 10.3. The average Bonchev–Trinajstić information content (AvgIpc) is 2.83. The van der Waals surface area contributed by atoms with Crippen molar-refractivity contribution in [1.82, 2.24) is 19.9 Å². The average molecular weight is 412 g/mol. The van der Waals surface area contributed by atoms with Gasteiger partial charge in [0.05, 0.1) is 0 Å². The van der Waals surface area contributed by atoms with Gasteiger partial charge in [0.1, 0.15) is 23.8 Å². The maximum absolute atomic E-state index is 9.48. The molecular formula is C22H33N7O. The molecule has 2 fully saturated rings. The lowest BCUT2D eigenvalue weighted by Crippen LogP contribution is -2.46. The number of piperidine rings is 1. The lowest BCUT2D eigenvalue weighted by atomic mass is 9.99. The zero-order chi connectivity index (χ0) is 20.8. The van der Waals surface area contributed by atoms with Crippen molar-refractivity contribution >= 4 is 17.5 Å². The number of aromatic nitrogens is 3. The van der Waals surface area contributed by atoms with Crippen molar-refractivity contribution in [2.75, 3.05) is 67.5 Å². The second-order valence-corrected chi connectivity index (χ2v) is 8.20. The van der Waals surface area contributed by atoms with Crippen LogP contribution in [0, 0.1) is 5.92 Å². The molecule has 162 valence electrons. The molecule has 1 atom stereocenters. The monoisotopic (exact) mass is 411 g/mol. The predicted octanol–water partition coefficient (Wildman–Crippen LogP) is 1.83. The van der Waals surface area contributed by atoms with Crippen LogP contribution < -0.4 is 15.1 Å². The molecule has 1 unspecified atom stereocenters. The van der Waals surface area contributed by atoms with E-state index in [0.29, 0.717) is 12.5 Å². The maximum Gasteiger partial charge on any atom is 0.134 e. The molecule has 0 bridgehead atoms. The van der Waals surface area contributed by atoms with Crippen molar-refractivity contribution in [3.05, 3.63) is 36.3 Å². The number of hydrogen-bond acceptors (Lipinski definition) is 8. The molecule has 30 heavy (non-hydrogen) atoms. The van der Waals surface area contributed by atoms with E-state index in [1.54, 1.807) is 6.33 Å². The summed E-state index contributed by atoms with van der Waals surface area (Å²) in [4.78, 5) is 20.5. The Kier molecular flexibility index (Phi) is 6.96. The van der Waals surface area contributed by atoms with Crippen LogP contribution in [0.25, 0.3) is 0 Å². The first kappa shape index (κ1) is 20.8. The van der Waals surface area contributed by atoms with Gasteiger partial charge in [-0.3, -0.25) is 0 Å². The standard InChI is InChI=1S/C22H33N7O/c1-2-27-8-10-28(11-9-27)21-12-18(5-6-23-21)14-24-20-13-22(26-17-25-20)29-7-3-4-19(15-29)16-30/h5-6,12-13,17,19,30H,2-4,7-11,14-16H2,1H3,(H,24,25,26). The smallest absolute Gasteiger partial charge is 0.134 e. The number of aliphatic hydroxyl groups is 1. The van der Waals surface area contributed by atoms with Crippen LogP contribution in [0.4, 0.5) is 17.5 Å². The molecule has 2 saturated heterocycles. The van der Waals surface area contributed by atoms with Crippen LogP contribution in [0.15, 0.2) is 30.7 Å². The van der Waals surface area contributed by atoms with E-state index < -0.39 is 0 Å². The Labute approximate surface area is 179 Å². The van der Waals surface area contributed by atoms with E-state index in [-0.39, 0.29) is 6.61 Å². The summed E-state index contributed by atoms with van der Waals surface area (Å²) in [5.74, 6) is 3.13. The summed E-state index contributed by atoms with van der Waals surface area (Å²) >= 11 is 0. The van der Waals surface area contributed by atoms with E-state index in [9.17, 15) is 5.11 Å². The fraction of sp³-hybridized carbons (Fsp3) is 0.591. The first-order valence-electron chi connectivity index (χ1n) is 11.1. The van der Waals surface area contributed by atoms with Gasteiger partial charge in [-0.15, -0.1) is 0 Å². The van der Waals surface area contributed by atoms with Gasteiger partial charge in [-0.25, -0.2) is 15.0 Å². The highest BCUT2D eigenvalue weighted by Gasteiger charge is 2.21. The molecule has 2 N–H and O–H groups in total. The highest BCUT2D eigenvalue weighted by atomic mass is 16.3. The van der Waals surface area contributed by atoms with Gasteiger partial charge in [0.15, 0.2) is 0 Å². The van der Waals surface area contributed by atoms with E-state index in [1.807, 2.05) is 12.3 Å². The van der Waals surface area contributed by atoms with Gasteiger partial charge in [0, 0.05) is 64.7 Å². The van der Waals surface area contributed by atoms with E-state index >= 15 is 0 Å². The molecule has 0 spiro atoms. The number of aliphatic hydroxyl groups excluding tert-OH is 1. The molecule has 4 heterocycles. The Morgan fingerprint density at radius 2 is 1.87 bits per heavy atom. The predicted molar refractivity (Wildman–Crippen MR) is 120 cm³/mol. The van der Waals surface area contributed by atoms with Crippen molar-refractivity contribution in [2.45, 2.75) is 26.3 Å². The molecule has 8 nitrogen and oxygen atoms in total. The topological polar surface area (TPSA) is 80.7 Å². The fourth-order valence-corrected chi connectivity index (χ4v) is 4.27. The third kappa shape index (κ3) is 5.17. The largest absolute Gasteiger partial charge is 0.396 e. The van der Waals surface area contributed by atoms with Crippen LogP contribution in [0.3, 0.4) is 0 Å². The molecule has 2 aliphatic rings. The summed E-state index contributed by atoms with van der Waals surface area (Å²) in [5.41, 5.74) is 1.19. The number of piperazine rings is 1. The molecule has 2 aromatic rings. The molecule has 0 radical (unpaired) electrons. The van der Waals surface area contributed by atoms with Crippen LogP contribution >= 0.6 is 0 Å². The van der Waals surface area contributed by atoms with Crippen LogP contribution in [-0.4, -0.2) is 77.4 Å². The second kappa shape index (κ2) is 10.0. The zero-order valence-corrected chi connectivity index (χ0v) is 17.9. The molecule has 0 aliphatic carbocycles. The van der Waals surface area contributed by atoms with Gasteiger partial charge in [0.25, 0.3) is 0 Å². The minimum atomic E-state index is 0.241.